The number of fused-ring (bicyclic) bond motifs is 4. The quantitative estimate of drug-likeness (QED) is 0.514. The summed E-state index contributed by atoms with van der Waals surface area (Å²) in [5.74, 6) is 0.768. The monoisotopic (exact) mass is 458 g/mol. The molecule has 3 aromatic rings. The van der Waals surface area contributed by atoms with E-state index in [-0.39, 0.29) is 5.82 Å². The van der Waals surface area contributed by atoms with Crippen LogP contribution < -0.4 is 10.6 Å². The van der Waals surface area contributed by atoms with Crippen molar-refractivity contribution in [1.82, 2.24) is 10.2 Å². The summed E-state index contributed by atoms with van der Waals surface area (Å²) in [7, 11) is 0. The lowest BCUT2D eigenvalue weighted by Gasteiger charge is -2.36. The third-order valence-electron chi connectivity index (χ3n) is 6.68. The fourth-order valence-corrected chi connectivity index (χ4v) is 6.21. The number of piperazine rings is 1. The highest BCUT2D eigenvalue weighted by Crippen LogP contribution is 2.44. The Balaban J connectivity index is 1.34. The molecule has 0 unspecified atom stereocenters. The van der Waals surface area contributed by atoms with Crippen molar-refractivity contribution in [3.8, 4) is 0 Å². The van der Waals surface area contributed by atoms with Crippen LogP contribution in [0.1, 0.15) is 34.4 Å². The molecule has 0 bridgehead atoms. The summed E-state index contributed by atoms with van der Waals surface area (Å²) in [5.41, 5.74) is 5.36. The van der Waals surface area contributed by atoms with Crippen LogP contribution in [0.2, 0.25) is 0 Å². The number of aryl methyl sites for hydroxylation is 2. The van der Waals surface area contributed by atoms with E-state index in [1.54, 1.807) is 23.5 Å². The molecule has 0 amide bonds. The van der Waals surface area contributed by atoms with Crippen LogP contribution in [0.25, 0.3) is 6.08 Å². The zero-order valence-electron chi connectivity index (χ0n) is 18.5. The first kappa shape index (κ1) is 20.6. The van der Waals surface area contributed by atoms with Crippen LogP contribution in [-0.2, 0) is 12.8 Å². The molecule has 1 fully saturated rings. The highest BCUT2D eigenvalue weighted by atomic mass is 32.1. The predicted octanol–water partition coefficient (Wildman–Crippen LogP) is 5.89. The standard InChI is InChI=1S/C27H27FN4S/c28-19-11-13-22-23(16-19)31-27-25(21-8-4-5-9-24(21)33-27)26(30-22)32-15-14-29-20(17-32)12-10-18-6-2-1-3-7-18/h1-4,6-8,11,13,16,20,29,31H,5,9-10,12,14-15,17H2/t20-/m0/s1. The van der Waals surface area contributed by atoms with Gasteiger partial charge in [0.2, 0.25) is 0 Å². The van der Waals surface area contributed by atoms with Gasteiger partial charge < -0.3 is 15.5 Å². The van der Waals surface area contributed by atoms with E-state index < -0.39 is 0 Å². The number of aliphatic imine (C=N–C) groups is 1. The van der Waals surface area contributed by atoms with E-state index in [4.69, 9.17) is 4.99 Å². The number of allylic oxidation sites excluding steroid dienone is 1. The minimum absolute atomic E-state index is 0.245. The number of rotatable bonds is 3. The normalized spacial score (nSPS) is 19.1. The topological polar surface area (TPSA) is 39.7 Å². The largest absolute Gasteiger partial charge is 0.353 e. The minimum Gasteiger partial charge on any atom is -0.353 e. The maximum absolute atomic E-state index is 14.0. The molecular weight excluding hydrogens is 431 g/mol. The Morgan fingerprint density at radius 2 is 2.06 bits per heavy atom. The van der Waals surface area contributed by atoms with Crippen LogP contribution in [0.5, 0.6) is 0 Å². The van der Waals surface area contributed by atoms with E-state index >= 15 is 0 Å². The number of benzene rings is 2. The first-order chi connectivity index (χ1) is 16.2. The number of amidine groups is 1. The summed E-state index contributed by atoms with van der Waals surface area (Å²) in [4.78, 5) is 8.96. The molecule has 1 saturated heterocycles. The van der Waals surface area contributed by atoms with Gasteiger partial charge in [0.15, 0.2) is 0 Å². The molecule has 6 rings (SSSR count). The predicted molar refractivity (Wildman–Crippen MR) is 136 cm³/mol. The summed E-state index contributed by atoms with van der Waals surface area (Å²) in [6, 6.07) is 15.9. The summed E-state index contributed by atoms with van der Waals surface area (Å²) in [6.45, 7) is 2.75. The highest BCUT2D eigenvalue weighted by Gasteiger charge is 2.31. The van der Waals surface area contributed by atoms with Crippen LogP contribution in [-0.4, -0.2) is 36.4 Å². The maximum atomic E-state index is 14.0. The van der Waals surface area contributed by atoms with Crippen molar-refractivity contribution < 1.29 is 4.39 Å². The highest BCUT2D eigenvalue weighted by molar-refractivity contribution is 7.17. The van der Waals surface area contributed by atoms with E-state index in [0.29, 0.717) is 6.04 Å². The third kappa shape index (κ3) is 4.09. The van der Waals surface area contributed by atoms with Gasteiger partial charge in [0.1, 0.15) is 16.7 Å². The van der Waals surface area contributed by atoms with Crippen molar-refractivity contribution in [2.45, 2.75) is 31.7 Å². The van der Waals surface area contributed by atoms with Gasteiger partial charge >= 0.3 is 0 Å². The Bertz CT molecular complexity index is 1230. The van der Waals surface area contributed by atoms with Crippen molar-refractivity contribution in [3.05, 3.63) is 82.0 Å². The fraction of sp³-hybridized carbons (Fsp3) is 0.296. The minimum atomic E-state index is -0.245. The van der Waals surface area contributed by atoms with Crippen LogP contribution >= 0.6 is 11.3 Å². The Morgan fingerprint density at radius 1 is 1.15 bits per heavy atom. The first-order valence-corrected chi connectivity index (χ1v) is 12.6. The van der Waals surface area contributed by atoms with Gasteiger partial charge in [-0.3, -0.25) is 0 Å². The van der Waals surface area contributed by atoms with Gasteiger partial charge in [-0.05, 0) is 49.4 Å². The maximum Gasteiger partial charge on any atom is 0.140 e. The molecule has 3 aliphatic rings. The molecule has 0 radical (unpaired) electrons. The van der Waals surface area contributed by atoms with E-state index in [2.05, 4.69) is 58.0 Å². The summed E-state index contributed by atoms with van der Waals surface area (Å²) < 4.78 is 14.0. The van der Waals surface area contributed by atoms with Gasteiger partial charge in [0, 0.05) is 36.1 Å². The smallest absolute Gasteiger partial charge is 0.140 e. The molecule has 168 valence electrons. The Labute approximate surface area is 197 Å². The molecule has 1 atom stereocenters. The SMILES string of the molecule is Fc1ccc2c(c1)Nc1sc3c(c1C(N1CCN[C@@H](CCc4ccccc4)C1)=N2)C=CCC3. The van der Waals surface area contributed by atoms with Crippen molar-refractivity contribution in [2.75, 3.05) is 25.0 Å². The van der Waals surface area contributed by atoms with E-state index in [1.807, 2.05) is 0 Å². The molecule has 1 aliphatic carbocycles. The fourth-order valence-electron chi connectivity index (χ4n) is 5.00. The molecular formula is C27H27FN4S. The van der Waals surface area contributed by atoms with E-state index in [1.165, 1.54) is 27.6 Å². The second-order valence-corrected chi connectivity index (χ2v) is 10.0. The Hall–Kier alpha value is -2.96. The van der Waals surface area contributed by atoms with Gasteiger partial charge in [-0.1, -0.05) is 42.5 Å². The zero-order valence-corrected chi connectivity index (χ0v) is 19.3. The number of nitrogens with zero attached hydrogens (tertiary/aromatic N) is 2. The molecule has 6 heteroatoms. The van der Waals surface area contributed by atoms with Gasteiger partial charge in [0.05, 0.1) is 16.9 Å². The number of anilines is 2. The molecule has 2 aromatic carbocycles. The van der Waals surface area contributed by atoms with Crippen LogP contribution in [0.4, 0.5) is 20.8 Å². The zero-order chi connectivity index (χ0) is 22.2. The van der Waals surface area contributed by atoms with Gasteiger partial charge in [-0.2, -0.15) is 0 Å². The second kappa shape index (κ2) is 8.76. The number of nitrogens with one attached hydrogen (secondary N) is 2. The molecule has 1 aromatic heterocycles. The number of hydrogen-bond donors (Lipinski definition) is 2. The molecule has 2 N–H and O–H groups in total. The molecule has 2 aliphatic heterocycles. The summed E-state index contributed by atoms with van der Waals surface area (Å²) in [6.07, 6.45) is 8.77. The molecule has 0 spiro atoms. The van der Waals surface area contributed by atoms with Crippen LogP contribution in [0.3, 0.4) is 0 Å². The number of thiophene rings is 1. The summed E-state index contributed by atoms with van der Waals surface area (Å²) in [5, 5.41) is 8.30. The van der Waals surface area contributed by atoms with Crippen LogP contribution in [0.15, 0.2) is 59.6 Å². The first-order valence-electron chi connectivity index (χ1n) is 11.7. The lowest BCUT2D eigenvalue weighted by Crippen LogP contribution is -2.53. The van der Waals surface area contributed by atoms with Crippen molar-refractivity contribution in [3.63, 3.8) is 0 Å². The summed E-state index contributed by atoms with van der Waals surface area (Å²) >= 11 is 1.79. The Kier molecular flexibility index (Phi) is 5.48. The van der Waals surface area contributed by atoms with Crippen molar-refractivity contribution in [1.29, 1.82) is 0 Å². The van der Waals surface area contributed by atoms with Crippen molar-refractivity contribution in [2.24, 2.45) is 4.99 Å². The molecule has 33 heavy (non-hydrogen) atoms. The van der Waals surface area contributed by atoms with Crippen LogP contribution in [0, 0.1) is 5.82 Å². The lowest BCUT2D eigenvalue weighted by atomic mass is 9.99. The third-order valence-corrected chi connectivity index (χ3v) is 7.86. The molecule has 3 heterocycles. The lowest BCUT2D eigenvalue weighted by molar-refractivity contribution is 0.282. The number of halogens is 1. The molecule has 4 nitrogen and oxygen atoms in total. The second-order valence-electron chi connectivity index (χ2n) is 8.93. The van der Waals surface area contributed by atoms with E-state index in [9.17, 15) is 4.39 Å². The van der Waals surface area contributed by atoms with Gasteiger partial charge in [0.25, 0.3) is 0 Å². The van der Waals surface area contributed by atoms with E-state index in [0.717, 1.165) is 67.5 Å². The van der Waals surface area contributed by atoms with Gasteiger partial charge in [-0.25, -0.2) is 9.38 Å². The number of hydrogen-bond acceptors (Lipinski definition) is 5. The average Bonchev–Trinajstić information content (AvgIpc) is 3.12. The van der Waals surface area contributed by atoms with Gasteiger partial charge in [-0.15, -0.1) is 11.3 Å². The molecule has 0 saturated carbocycles. The van der Waals surface area contributed by atoms with Crippen molar-refractivity contribution >= 4 is 39.6 Å². The Morgan fingerprint density at radius 3 is 2.97 bits per heavy atom. The average molecular weight is 459 g/mol.